The molecule has 3 nitrogen and oxygen atoms in total. The van der Waals surface area contributed by atoms with Crippen molar-refractivity contribution in [3.63, 3.8) is 0 Å². The molecule has 1 aromatic rings. The van der Waals surface area contributed by atoms with E-state index in [1.54, 1.807) is 6.08 Å². The number of nitrogens with two attached hydrogens (primary N) is 1. The lowest BCUT2D eigenvalue weighted by Crippen LogP contribution is -2.07. The Hall–Kier alpha value is -1.77. The Labute approximate surface area is 89.0 Å². The molecule has 3 heteroatoms. The van der Waals surface area contributed by atoms with Gasteiger partial charge in [0.05, 0.1) is 0 Å². The second-order valence-corrected chi connectivity index (χ2v) is 3.67. The summed E-state index contributed by atoms with van der Waals surface area (Å²) in [5.74, 6) is -0.297. The molecule has 0 saturated heterocycles. The van der Waals surface area contributed by atoms with Gasteiger partial charge in [-0.15, -0.1) is 0 Å². The zero-order valence-electron chi connectivity index (χ0n) is 8.49. The zero-order chi connectivity index (χ0) is 10.7. The third-order valence-corrected chi connectivity index (χ3v) is 2.47. The first-order valence-electron chi connectivity index (χ1n) is 5.07. The molecule has 2 rings (SSSR count). The van der Waals surface area contributed by atoms with Crippen molar-refractivity contribution in [2.24, 2.45) is 5.73 Å². The number of hydrogen-bond acceptors (Lipinski definition) is 2. The highest BCUT2D eigenvalue weighted by atomic mass is 16.1. The van der Waals surface area contributed by atoms with Gasteiger partial charge in [0.2, 0.25) is 5.91 Å². The van der Waals surface area contributed by atoms with Crippen molar-refractivity contribution >= 4 is 17.7 Å². The first kappa shape index (κ1) is 9.77. The molecule has 1 amide bonds. The molecule has 0 spiro atoms. The van der Waals surface area contributed by atoms with Crippen LogP contribution in [0.3, 0.4) is 0 Å². The van der Waals surface area contributed by atoms with E-state index in [4.69, 9.17) is 5.73 Å². The Balaban J connectivity index is 2.10. The van der Waals surface area contributed by atoms with Crippen LogP contribution in [0.2, 0.25) is 0 Å². The summed E-state index contributed by atoms with van der Waals surface area (Å²) in [5, 5.41) is 3.30. The maximum atomic E-state index is 10.5. The van der Waals surface area contributed by atoms with Crippen LogP contribution in [-0.4, -0.2) is 12.5 Å². The highest BCUT2D eigenvalue weighted by Crippen LogP contribution is 2.23. The minimum absolute atomic E-state index is 0.297. The highest BCUT2D eigenvalue weighted by molar-refractivity contribution is 5.76. The van der Waals surface area contributed by atoms with Gasteiger partial charge < -0.3 is 11.1 Å². The van der Waals surface area contributed by atoms with Gasteiger partial charge in [0, 0.05) is 18.7 Å². The molecule has 0 radical (unpaired) electrons. The van der Waals surface area contributed by atoms with Crippen LogP contribution < -0.4 is 11.1 Å². The number of hydrogen-bond donors (Lipinski definition) is 2. The summed E-state index contributed by atoms with van der Waals surface area (Å²) >= 11 is 0. The predicted molar refractivity (Wildman–Crippen MR) is 61.5 cm³/mol. The number of anilines is 1. The quantitative estimate of drug-likeness (QED) is 0.781. The monoisotopic (exact) mass is 202 g/mol. The van der Waals surface area contributed by atoms with Crippen LogP contribution in [-0.2, 0) is 11.2 Å². The van der Waals surface area contributed by atoms with Crippen molar-refractivity contribution in [2.75, 3.05) is 11.9 Å². The SMILES string of the molecule is NC(=O)CC=Cc1ccc2c(c1)CCN2. The summed E-state index contributed by atoms with van der Waals surface area (Å²) in [6.07, 6.45) is 5.11. The molecule has 0 atom stereocenters. The van der Waals surface area contributed by atoms with Crippen molar-refractivity contribution < 1.29 is 4.79 Å². The largest absolute Gasteiger partial charge is 0.384 e. The van der Waals surface area contributed by atoms with Gasteiger partial charge in [0.1, 0.15) is 0 Å². The zero-order valence-corrected chi connectivity index (χ0v) is 8.49. The summed E-state index contributed by atoms with van der Waals surface area (Å²) in [6.45, 7) is 1.02. The van der Waals surface area contributed by atoms with Crippen LogP contribution in [0.15, 0.2) is 24.3 Å². The van der Waals surface area contributed by atoms with E-state index in [2.05, 4.69) is 17.4 Å². The number of rotatable bonds is 3. The number of benzene rings is 1. The lowest BCUT2D eigenvalue weighted by molar-refractivity contribution is -0.117. The van der Waals surface area contributed by atoms with Crippen LogP contribution >= 0.6 is 0 Å². The molecule has 0 bridgehead atoms. The van der Waals surface area contributed by atoms with E-state index in [0.29, 0.717) is 6.42 Å². The molecule has 0 aliphatic carbocycles. The fourth-order valence-electron chi connectivity index (χ4n) is 1.74. The van der Waals surface area contributed by atoms with E-state index in [0.717, 1.165) is 18.5 Å². The van der Waals surface area contributed by atoms with E-state index >= 15 is 0 Å². The first-order valence-corrected chi connectivity index (χ1v) is 5.07. The molecule has 1 heterocycles. The summed E-state index contributed by atoms with van der Waals surface area (Å²) in [7, 11) is 0. The van der Waals surface area contributed by atoms with Crippen molar-refractivity contribution in [3.05, 3.63) is 35.4 Å². The Morgan fingerprint density at radius 1 is 1.53 bits per heavy atom. The van der Waals surface area contributed by atoms with Gasteiger partial charge in [-0.2, -0.15) is 0 Å². The van der Waals surface area contributed by atoms with Gasteiger partial charge in [-0.25, -0.2) is 0 Å². The van der Waals surface area contributed by atoms with E-state index < -0.39 is 0 Å². The molecule has 78 valence electrons. The minimum Gasteiger partial charge on any atom is -0.384 e. The Kier molecular flexibility index (Phi) is 2.72. The molecule has 15 heavy (non-hydrogen) atoms. The van der Waals surface area contributed by atoms with E-state index in [1.165, 1.54) is 11.3 Å². The third kappa shape index (κ3) is 2.37. The molecule has 0 saturated carbocycles. The number of carbonyl (C=O) groups excluding carboxylic acids is 1. The minimum atomic E-state index is -0.297. The van der Waals surface area contributed by atoms with Crippen molar-refractivity contribution in [2.45, 2.75) is 12.8 Å². The number of primary amides is 1. The van der Waals surface area contributed by atoms with Crippen LogP contribution in [0, 0.1) is 0 Å². The maximum Gasteiger partial charge on any atom is 0.221 e. The maximum absolute atomic E-state index is 10.5. The Morgan fingerprint density at radius 3 is 3.20 bits per heavy atom. The summed E-state index contributed by atoms with van der Waals surface area (Å²) < 4.78 is 0. The summed E-state index contributed by atoms with van der Waals surface area (Å²) in [4.78, 5) is 10.5. The molecule has 0 aromatic heterocycles. The Morgan fingerprint density at radius 2 is 2.40 bits per heavy atom. The molecule has 3 N–H and O–H groups in total. The molecule has 1 aliphatic rings. The van der Waals surface area contributed by atoms with Crippen LogP contribution in [0.1, 0.15) is 17.5 Å². The van der Waals surface area contributed by atoms with Crippen LogP contribution in [0.5, 0.6) is 0 Å². The van der Waals surface area contributed by atoms with Crippen molar-refractivity contribution in [1.29, 1.82) is 0 Å². The number of nitrogens with one attached hydrogen (secondary N) is 1. The highest BCUT2D eigenvalue weighted by Gasteiger charge is 2.08. The molecule has 1 aromatic carbocycles. The fraction of sp³-hybridized carbons (Fsp3) is 0.250. The third-order valence-electron chi connectivity index (χ3n) is 2.47. The smallest absolute Gasteiger partial charge is 0.221 e. The second kappa shape index (κ2) is 4.17. The predicted octanol–water partition coefficient (Wildman–Crippen LogP) is 1.54. The second-order valence-electron chi connectivity index (χ2n) is 3.67. The fourth-order valence-corrected chi connectivity index (χ4v) is 1.74. The Bertz CT molecular complexity index is 410. The summed E-state index contributed by atoms with van der Waals surface area (Å²) in [6, 6.07) is 6.26. The molecule has 0 unspecified atom stereocenters. The van der Waals surface area contributed by atoms with Gasteiger partial charge in [-0.1, -0.05) is 18.2 Å². The van der Waals surface area contributed by atoms with E-state index in [-0.39, 0.29) is 5.91 Å². The standard InChI is InChI=1S/C12H14N2O/c13-12(15)3-1-2-9-4-5-11-10(8-9)6-7-14-11/h1-2,4-5,8,14H,3,6-7H2,(H2,13,15). The number of carbonyl (C=O) groups is 1. The van der Waals surface area contributed by atoms with Gasteiger partial charge in [0.25, 0.3) is 0 Å². The molecular weight excluding hydrogens is 188 g/mol. The van der Waals surface area contributed by atoms with Crippen molar-refractivity contribution in [1.82, 2.24) is 0 Å². The average Bonchev–Trinajstić information content (AvgIpc) is 2.64. The van der Waals surface area contributed by atoms with Gasteiger partial charge in [0.15, 0.2) is 0 Å². The summed E-state index contributed by atoms with van der Waals surface area (Å²) in [5.41, 5.74) is 8.74. The van der Waals surface area contributed by atoms with Crippen LogP contribution in [0.25, 0.3) is 6.08 Å². The molecule has 1 aliphatic heterocycles. The molecular formula is C12H14N2O. The average molecular weight is 202 g/mol. The number of fused-ring (bicyclic) bond motifs is 1. The van der Waals surface area contributed by atoms with Crippen molar-refractivity contribution in [3.8, 4) is 0 Å². The topological polar surface area (TPSA) is 55.1 Å². The van der Waals surface area contributed by atoms with Gasteiger partial charge >= 0.3 is 0 Å². The number of amides is 1. The van der Waals surface area contributed by atoms with Crippen LogP contribution in [0.4, 0.5) is 5.69 Å². The van der Waals surface area contributed by atoms with E-state index in [1.807, 2.05) is 12.1 Å². The van der Waals surface area contributed by atoms with Gasteiger partial charge in [-0.3, -0.25) is 4.79 Å². The lowest BCUT2D eigenvalue weighted by Gasteiger charge is -2.00. The lowest BCUT2D eigenvalue weighted by atomic mass is 10.1. The first-order chi connectivity index (χ1) is 7.25. The normalized spacial score (nSPS) is 13.9. The van der Waals surface area contributed by atoms with Gasteiger partial charge in [-0.05, 0) is 29.7 Å². The van der Waals surface area contributed by atoms with E-state index in [9.17, 15) is 4.79 Å². The molecule has 0 fully saturated rings.